The summed E-state index contributed by atoms with van der Waals surface area (Å²) in [6.07, 6.45) is 4.20. The largest absolute Gasteiger partial charge is 0.346 e. The van der Waals surface area contributed by atoms with Crippen molar-refractivity contribution in [2.24, 2.45) is 5.92 Å². The molecule has 14 heavy (non-hydrogen) atoms. The number of carbonyl (C=O) groups is 1. The Bertz CT molecular complexity index is 302. The zero-order valence-electron chi connectivity index (χ0n) is 9.13. The monoisotopic (exact) mass is 194 g/mol. The van der Waals surface area contributed by atoms with E-state index in [0.717, 1.165) is 18.7 Å². The third-order valence-electron chi connectivity index (χ3n) is 2.02. The van der Waals surface area contributed by atoms with Gasteiger partial charge in [-0.2, -0.15) is 0 Å². The molecular weight excluding hydrogens is 176 g/mol. The molecule has 1 aromatic rings. The molecule has 78 valence electrons. The van der Waals surface area contributed by atoms with Crippen molar-refractivity contribution in [3.63, 3.8) is 0 Å². The Hall–Kier alpha value is -1.12. The molecule has 1 heterocycles. The lowest BCUT2D eigenvalue weighted by Crippen LogP contribution is -1.97. The SMILES string of the molecule is CC(=O)CCc1ncc(CC(C)C)[nH]1. The number of carbonyl (C=O) groups excluding carboxylic acids is 1. The number of aromatic amines is 1. The van der Waals surface area contributed by atoms with Crippen LogP contribution in [0, 0.1) is 5.92 Å². The van der Waals surface area contributed by atoms with E-state index in [2.05, 4.69) is 23.8 Å². The highest BCUT2D eigenvalue weighted by molar-refractivity contribution is 5.75. The second-order valence-corrected chi connectivity index (χ2v) is 4.16. The summed E-state index contributed by atoms with van der Waals surface area (Å²) < 4.78 is 0. The van der Waals surface area contributed by atoms with Crippen molar-refractivity contribution in [1.82, 2.24) is 9.97 Å². The van der Waals surface area contributed by atoms with Gasteiger partial charge in [-0.1, -0.05) is 13.8 Å². The molecule has 0 saturated heterocycles. The molecule has 0 aliphatic carbocycles. The third kappa shape index (κ3) is 3.73. The Kier molecular flexibility index (Phi) is 3.86. The van der Waals surface area contributed by atoms with Gasteiger partial charge in [0.2, 0.25) is 0 Å². The smallest absolute Gasteiger partial charge is 0.130 e. The van der Waals surface area contributed by atoms with Crippen molar-refractivity contribution < 1.29 is 4.79 Å². The molecule has 3 heteroatoms. The quantitative estimate of drug-likeness (QED) is 0.780. The van der Waals surface area contributed by atoms with Crippen molar-refractivity contribution in [1.29, 1.82) is 0 Å². The van der Waals surface area contributed by atoms with E-state index in [9.17, 15) is 4.79 Å². The first-order valence-electron chi connectivity index (χ1n) is 5.10. The van der Waals surface area contributed by atoms with Crippen LogP contribution in [0.25, 0.3) is 0 Å². The van der Waals surface area contributed by atoms with Crippen LogP contribution in [0.3, 0.4) is 0 Å². The van der Waals surface area contributed by atoms with Crippen LogP contribution in [0.2, 0.25) is 0 Å². The number of nitrogens with one attached hydrogen (secondary N) is 1. The zero-order valence-corrected chi connectivity index (χ0v) is 9.13. The van der Waals surface area contributed by atoms with Crippen LogP contribution in [0.1, 0.15) is 38.7 Å². The fraction of sp³-hybridized carbons (Fsp3) is 0.636. The summed E-state index contributed by atoms with van der Waals surface area (Å²) in [5.41, 5.74) is 1.17. The van der Waals surface area contributed by atoms with E-state index in [0.29, 0.717) is 12.3 Å². The normalized spacial score (nSPS) is 10.9. The lowest BCUT2D eigenvalue weighted by molar-refractivity contribution is -0.117. The van der Waals surface area contributed by atoms with Crippen LogP contribution < -0.4 is 0 Å². The predicted octanol–water partition coefficient (Wildman–Crippen LogP) is 2.13. The van der Waals surface area contributed by atoms with Crippen molar-refractivity contribution >= 4 is 5.78 Å². The third-order valence-corrected chi connectivity index (χ3v) is 2.02. The molecule has 0 atom stereocenters. The average molecular weight is 194 g/mol. The Morgan fingerprint density at radius 3 is 2.86 bits per heavy atom. The predicted molar refractivity (Wildman–Crippen MR) is 56.1 cm³/mol. The Morgan fingerprint density at radius 1 is 1.57 bits per heavy atom. The molecule has 0 bridgehead atoms. The van der Waals surface area contributed by atoms with E-state index in [4.69, 9.17) is 0 Å². The molecule has 0 aliphatic heterocycles. The fourth-order valence-electron chi connectivity index (χ4n) is 1.37. The summed E-state index contributed by atoms with van der Waals surface area (Å²) in [6.45, 7) is 5.96. The molecule has 1 rings (SSSR count). The number of rotatable bonds is 5. The van der Waals surface area contributed by atoms with Gasteiger partial charge in [-0.05, 0) is 19.3 Å². The lowest BCUT2D eigenvalue weighted by Gasteiger charge is -1.99. The molecule has 0 unspecified atom stereocenters. The second kappa shape index (κ2) is 4.94. The van der Waals surface area contributed by atoms with Crippen LogP contribution in [0.5, 0.6) is 0 Å². The molecule has 0 spiro atoms. The molecule has 0 aromatic carbocycles. The first-order valence-corrected chi connectivity index (χ1v) is 5.10. The standard InChI is InChI=1S/C11H18N2O/c1-8(2)6-10-7-12-11(13-10)5-4-9(3)14/h7-8H,4-6H2,1-3H3,(H,12,13). The van der Waals surface area contributed by atoms with Gasteiger partial charge in [-0.25, -0.2) is 4.98 Å². The zero-order chi connectivity index (χ0) is 10.6. The molecule has 1 aromatic heterocycles. The summed E-state index contributed by atoms with van der Waals surface area (Å²) in [5, 5.41) is 0. The molecule has 0 amide bonds. The Balaban J connectivity index is 2.46. The maximum Gasteiger partial charge on any atom is 0.130 e. The van der Waals surface area contributed by atoms with Crippen LogP contribution in [-0.2, 0) is 17.6 Å². The van der Waals surface area contributed by atoms with Gasteiger partial charge in [0.1, 0.15) is 11.6 Å². The van der Waals surface area contributed by atoms with Gasteiger partial charge in [0, 0.05) is 24.7 Å². The van der Waals surface area contributed by atoms with Gasteiger partial charge in [0.05, 0.1) is 0 Å². The van der Waals surface area contributed by atoms with E-state index in [-0.39, 0.29) is 5.78 Å². The molecule has 0 radical (unpaired) electrons. The number of aryl methyl sites for hydroxylation is 1. The minimum absolute atomic E-state index is 0.215. The fourth-order valence-corrected chi connectivity index (χ4v) is 1.37. The van der Waals surface area contributed by atoms with E-state index >= 15 is 0 Å². The summed E-state index contributed by atoms with van der Waals surface area (Å²) in [6, 6.07) is 0. The lowest BCUT2D eigenvalue weighted by atomic mass is 10.1. The Labute approximate surface area is 84.9 Å². The highest BCUT2D eigenvalue weighted by Crippen LogP contribution is 2.06. The number of Topliss-reactive ketones (excluding diaryl/α,β-unsaturated/α-hetero) is 1. The number of nitrogens with zero attached hydrogens (tertiary/aromatic N) is 1. The summed E-state index contributed by atoms with van der Waals surface area (Å²) in [5.74, 6) is 1.78. The molecule has 0 aliphatic rings. The van der Waals surface area contributed by atoms with Gasteiger partial charge < -0.3 is 9.78 Å². The van der Waals surface area contributed by atoms with Gasteiger partial charge in [0.25, 0.3) is 0 Å². The maximum absolute atomic E-state index is 10.8. The average Bonchev–Trinajstić information content (AvgIpc) is 2.47. The molecule has 0 fully saturated rings. The van der Waals surface area contributed by atoms with Gasteiger partial charge >= 0.3 is 0 Å². The number of hydrogen-bond donors (Lipinski definition) is 1. The number of hydrogen-bond acceptors (Lipinski definition) is 2. The first kappa shape index (κ1) is 11.0. The van der Waals surface area contributed by atoms with Crippen molar-refractivity contribution in [2.45, 2.75) is 40.0 Å². The number of H-pyrrole nitrogens is 1. The van der Waals surface area contributed by atoms with Gasteiger partial charge in [-0.3, -0.25) is 0 Å². The van der Waals surface area contributed by atoms with Crippen molar-refractivity contribution in [3.8, 4) is 0 Å². The van der Waals surface area contributed by atoms with Crippen LogP contribution in [0.15, 0.2) is 6.20 Å². The summed E-state index contributed by atoms with van der Waals surface area (Å²) in [7, 11) is 0. The molecule has 0 saturated carbocycles. The van der Waals surface area contributed by atoms with Crippen LogP contribution in [0.4, 0.5) is 0 Å². The topological polar surface area (TPSA) is 45.8 Å². The van der Waals surface area contributed by atoms with E-state index < -0.39 is 0 Å². The molecular formula is C11H18N2O. The minimum Gasteiger partial charge on any atom is -0.346 e. The number of ketones is 1. The van der Waals surface area contributed by atoms with Gasteiger partial charge in [-0.15, -0.1) is 0 Å². The van der Waals surface area contributed by atoms with Crippen molar-refractivity contribution in [2.75, 3.05) is 0 Å². The van der Waals surface area contributed by atoms with E-state index in [1.165, 1.54) is 5.69 Å². The molecule has 3 nitrogen and oxygen atoms in total. The van der Waals surface area contributed by atoms with Gasteiger partial charge in [0.15, 0.2) is 0 Å². The van der Waals surface area contributed by atoms with E-state index in [1.807, 2.05) is 6.20 Å². The maximum atomic E-state index is 10.8. The molecule has 1 N–H and O–H groups in total. The number of imidazole rings is 1. The van der Waals surface area contributed by atoms with Crippen LogP contribution >= 0.6 is 0 Å². The summed E-state index contributed by atoms with van der Waals surface area (Å²) in [4.78, 5) is 18.2. The number of aromatic nitrogens is 2. The first-order chi connectivity index (χ1) is 6.58. The van der Waals surface area contributed by atoms with E-state index in [1.54, 1.807) is 6.92 Å². The van der Waals surface area contributed by atoms with Crippen molar-refractivity contribution in [3.05, 3.63) is 17.7 Å². The second-order valence-electron chi connectivity index (χ2n) is 4.16. The highest BCUT2D eigenvalue weighted by Gasteiger charge is 2.03. The highest BCUT2D eigenvalue weighted by atomic mass is 16.1. The summed E-state index contributed by atoms with van der Waals surface area (Å²) >= 11 is 0. The van der Waals surface area contributed by atoms with Crippen LogP contribution in [-0.4, -0.2) is 15.8 Å². The minimum atomic E-state index is 0.215. The Morgan fingerprint density at radius 2 is 2.29 bits per heavy atom.